The molecule has 2 N–H and O–H groups in total. The number of rotatable bonds is 8. The molecule has 0 saturated carbocycles. The molecule has 7 nitrogen and oxygen atoms in total. The third-order valence-corrected chi connectivity index (χ3v) is 9.59. The largest absolute Gasteiger partial charge is 0.505 e. The van der Waals surface area contributed by atoms with Crippen LogP contribution < -0.4 is 4.90 Å². The van der Waals surface area contributed by atoms with Gasteiger partial charge in [0.05, 0.1) is 41.4 Å². The predicted molar refractivity (Wildman–Crippen MR) is 172 cm³/mol. The molecule has 1 aliphatic carbocycles. The summed E-state index contributed by atoms with van der Waals surface area (Å²) in [7, 11) is -0.00578. The van der Waals surface area contributed by atoms with Crippen LogP contribution in [0.15, 0.2) is 77.9 Å². The van der Waals surface area contributed by atoms with Gasteiger partial charge in [0.2, 0.25) is 11.8 Å². The van der Waals surface area contributed by atoms with Crippen molar-refractivity contribution in [2.24, 2.45) is 17.8 Å². The molecule has 3 aliphatic rings. The number of phenolic OH excluding ortho intramolecular Hbond substituents is 1. The van der Waals surface area contributed by atoms with Crippen LogP contribution in [0.1, 0.15) is 41.5 Å². The number of halogens is 7. The zero-order valence-electron chi connectivity index (χ0n) is 27.0. The molecule has 0 aromatic heterocycles. The molecule has 2 aliphatic heterocycles. The molecular weight excluding hydrogens is 686 g/mol. The number of carbonyl (C=O) groups is 2. The number of alkyl halides is 6. The Hall–Kier alpha value is -4.47. The molecule has 0 unspecified atom stereocenters. The summed E-state index contributed by atoms with van der Waals surface area (Å²) in [5.74, 6) is -6.40. The first-order valence-electron chi connectivity index (χ1n) is 16.0. The van der Waals surface area contributed by atoms with E-state index in [0.29, 0.717) is 40.2 Å². The monoisotopic (exact) mass is 717 g/mol. The minimum Gasteiger partial charge on any atom is -0.505 e. The first-order valence-corrected chi connectivity index (χ1v) is 16.0. The maximum Gasteiger partial charge on any atom is 0.455 e. The van der Waals surface area contributed by atoms with Crippen LogP contribution in [0.5, 0.6) is 5.75 Å². The van der Waals surface area contributed by atoms with E-state index in [9.17, 15) is 50.5 Å². The van der Waals surface area contributed by atoms with Gasteiger partial charge >= 0.3 is 19.5 Å². The smallest absolute Gasteiger partial charge is 0.455 e. The second-order valence-electron chi connectivity index (χ2n) is 12.8. The number of carbonyl (C=O) groups excluding carboxylic acids is 2. The quantitative estimate of drug-likeness (QED) is 0.0823. The van der Waals surface area contributed by atoms with E-state index < -0.39 is 83.5 Å². The number of hydrogen-bond acceptors (Lipinski definition) is 6. The van der Waals surface area contributed by atoms with Gasteiger partial charge in [0.25, 0.3) is 0 Å². The fourth-order valence-corrected chi connectivity index (χ4v) is 7.45. The van der Waals surface area contributed by atoms with Crippen molar-refractivity contribution >= 4 is 36.3 Å². The van der Waals surface area contributed by atoms with Crippen LogP contribution in [0.2, 0.25) is 6.32 Å². The number of imide groups is 1. The van der Waals surface area contributed by atoms with Crippen molar-refractivity contribution in [1.82, 2.24) is 0 Å². The van der Waals surface area contributed by atoms with Gasteiger partial charge in [-0.2, -0.15) is 26.3 Å². The van der Waals surface area contributed by atoms with Crippen molar-refractivity contribution < 1.29 is 59.8 Å². The van der Waals surface area contributed by atoms with Gasteiger partial charge in [-0.25, -0.2) is 9.29 Å². The Morgan fingerprint density at radius 3 is 2.24 bits per heavy atom. The van der Waals surface area contributed by atoms with Crippen LogP contribution in [-0.4, -0.2) is 48.9 Å². The Morgan fingerprint density at radius 1 is 0.961 bits per heavy atom. The number of allylic oxidation sites excluding steroid dienone is 1. The van der Waals surface area contributed by atoms with E-state index in [1.807, 2.05) is 30.3 Å². The van der Waals surface area contributed by atoms with E-state index >= 15 is 0 Å². The molecule has 3 aromatic carbocycles. The number of fused-ring (bicyclic) bond motifs is 3. The standard InChI is InChI=1S/C36H31BF7NO6/c1-50-18-22-13-26-32(34(48)45(33(26)47)25-15-23(35(39,40)41)14-24(16-25)36(42,43)44)27-17-37(49)51-30(31(22)27)10-8-21(20-5-3-2-4-6-20)11-19-7-9-29(46)28(38)12-19/h2-7,9,11-12,14-16,26-27,30,32,46,49H,8,10,13,17-18H2,1H3/b21-11-/t26-,27+,30-,32-/m1/s1. The molecule has 0 radical (unpaired) electrons. The van der Waals surface area contributed by atoms with E-state index in [0.717, 1.165) is 11.1 Å². The molecule has 6 rings (SSSR count). The lowest BCUT2D eigenvalue weighted by atomic mass is 9.58. The van der Waals surface area contributed by atoms with Crippen molar-refractivity contribution in [3.63, 3.8) is 0 Å². The van der Waals surface area contributed by atoms with Gasteiger partial charge in [-0.15, -0.1) is 0 Å². The Kier molecular flexibility index (Phi) is 9.92. The van der Waals surface area contributed by atoms with Gasteiger partial charge in [-0.1, -0.05) is 42.5 Å². The first kappa shape index (κ1) is 36.3. The van der Waals surface area contributed by atoms with Gasteiger partial charge in [-0.3, -0.25) is 9.59 Å². The van der Waals surface area contributed by atoms with Crippen LogP contribution in [0, 0.1) is 23.6 Å². The normalized spacial score (nSPS) is 22.8. The number of hydrogen-bond donors (Lipinski definition) is 2. The van der Waals surface area contributed by atoms with E-state index in [1.54, 1.807) is 6.08 Å². The predicted octanol–water partition coefficient (Wildman–Crippen LogP) is 7.54. The molecule has 3 aromatic rings. The second-order valence-corrected chi connectivity index (χ2v) is 12.8. The van der Waals surface area contributed by atoms with Gasteiger partial charge < -0.3 is 19.5 Å². The summed E-state index contributed by atoms with van der Waals surface area (Å²) in [5, 5.41) is 20.6. The maximum absolute atomic E-state index is 14.2. The van der Waals surface area contributed by atoms with E-state index in [2.05, 4.69) is 0 Å². The van der Waals surface area contributed by atoms with Crippen molar-refractivity contribution in [3.05, 3.63) is 106 Å². The Labute approximate surface area is 288 Å². The molecule has 4 atom stereocenters. The van der Waals surface area contributed by atoms with Gasteiger partial charge in [0.15, 0.2) is 11.6 Å². The van der Waals surface area contributed by atoms with E-state index in [-0.39, 0.29) is 31.8 Å². The molecule has 2 fully saturated rings. The topological polar surface area (TPSA) is 96.3 Å². The lowest BCUT2D eigenvalue weighted by molar-refractivity contribution is -0.143. The van der Waals surface area contributed by atoms with Crippen molar-refractivity contribution in [2.45, 2.75) is 44.0 Å². The molecule has 2 amide bonds. The average Bonchev–Trinajstić information content (AvgIpc) is 3.32. The van der Waals surface area contributed by atoms with Crippen LogP contribution in [0.25, 0.3) is 11.6 Å². The fourth-order valence-electron chi connectivity index (χ4n) is 7.45. The molecule has 2 saturated heterocycles. The number of anilines is 1. The Balaban J connectivity index is 1.35. The third kappa shape index (κ3) is 7.33. The van der Waals surface area contributed by atoms with E-state index in [4.69, 9.17) is 9.39 Å². The van der Waals surface area contributed by atoms with Crippen LogP contribution >= 0.6 is 0 Å². The number of phenols is 1. The molecule has 268 valence electrons. The fraction of sp³-hybridized carbons (Fsp3) is 0.333. The van der Waals surface area contributed by atoms with Gasteiger partial charge in [0, 0.05) is 7.11 Å². The first-order chi connectivity index (χ1) is 24.1. The summed E-state index contributed by atoms with van der Waals surface area (Å²) in [6.07, 6.45) is -9.18. The zero-order chi connectivity index (χ0) is 36.8. The molecular formula is C36H31BF7NO6. The average molecular weight is 717 g/mol. The summed E-state index contributed by atoms with van der Waals surface area (Å²) in [6, 6.07) is 13.7. The lowest BCUT2D eigenvalue weighted by Crippen LogP contribution is -2.46. The summed E-state index contributed by atoms with van der Waals surface area (Å²) in [5.41, 5.74) is -1.02. The highest BCUT2D eigenvalue weighted by Gasteiger charge is 2.58. The lowest BCUT2D eigenvalue weighted by Gasteiger charge is -2.43. The summed E-state index contributed by atoms with van der Waals surface area (Å²) < 4.78 is 108. The van der Waals surface area contributed by atoms with E-state index in [1.165, 1.54) is 25.3 Å². The second kappa shape index (κ2) is 13.9. The number of benzene rings is 3. The Bertz CT molecular complexity index is 1860. The number of amides is 2. The van der Waals surface area contributed by atoms with Crippen LogP contribution in [0.3, 0.4) is 0 Å². The third-order valence-electron chi connectivity index (χ3n) is 9.59. The summed E-state index contributed by atoms with van der Waals surface area (Å²) in [4.78, 5) is 28.2. The SMILES string of the molecule is COCC1=C2[C@@H](CC/C(=C/c3ccc(O)c(F)c3)c3ccccc3)OB(O)C[C@@H]2[C@@H]2C(=O)N(c3cc(C(F)(F)F)cc(C(F)(F)F)c3)C(=O)[C@@H]2C1. The summed E-state index contributed by atoms with van der Waals surface area (Å²) >= 11 is 0. The summed E-state index contributed by atoms with van der Waals surface area (Å²) in [6.45, 7) is -0.0115. The number of aromatic hydroxyl groups is 1. The number of ether oxygens (including phenoxy) is 1. The van der Waals surface area contributed by atoms with Gasteiger partial charge in [-0.05, 0) is 89.7 Å². The van der Waals surface area contributed by atoms with Gasteiger partial charge in [0.1, 0.15) is 0 Å². The highest BCUT2D eigenvalue weighted by Crippen LogP contribution is 2.52. The zero-order valence-corrected chi connectivity index (χ0v) is 27.0. The highest BCUT2D eigenvalue weighted by molar-refractivity contribution is 6.43. The number of nitrogens with zero attached hydrogens (tertiary/aromatic N) is 1. The van der Waals surface area contributed by atoms with Crippen molar-refractivity contribution in [2.75, 3.05) is 18.6 Å². The minimum atomic E-state index is -5.20. The molecule has 0 spiro atoms. The van der Waals surface area contributed by atoms with Crippen molar-refractivity contribution in [1.29, 1.82) is 0 Å². The molecule has 2 heterocycles. The minimum absolute atomic E-state index is 0.0115. The maximum atomic E-state index is 14.2. The molecule has 0 bridgehead atoms. The molecule has 15 heteroatoms. The van der Waals surface area contributed by atoms with Crippen LogP contribution in [-0.2, 0) is 31.3 Å². The number of methoxy groups -OCH3 is 1. The highest BCUT2D eigenvalue weighted by atomic mass is 19.4. The van der Waals surface area contributed by atoms with Crippen LogP contribution in [0.4, 0.5) is 36.4 Å². The molecule has 51 heavy (non-hydrogen) atoms. The Morgan fingerprint density at radius 2 is 1.63 bits per heavy atom. The van der Waals surface area contributed by atoms with Crippen molar-refractivity contribution in [3.8, 4) is 5.75 Å².